The van der Waals surface area contributed by atoms with E-state index in [9.17, 15) is 9.59 Å². The summed E-state index contributed by atoms with van der Waals surface area (Å²) in [6.07, 6.45) is 0. The van der Waals surface area contributed by atoms with Crippen molar-refractivity contribution >= 4 is 29.3 Å². The van der Waals surface area contributed by atoms with Crippen LogP contribution in [0.4, 0.5) is 0 Å². The van der Waals surface area contributed by atoms with Crippen LogP contribution in [-0.4, -0.2) is 47.9 Å². The molecule has 1 aromatic carbocycles. The lowest BCUT2D eigenvalue weighted by atomic mass is 10.2. The number of thioether (sulfide) groups is 1. The van der Waals surface area contributed by atoms with Gasteiger partial charge in [-0.15, -0.1) is 5.10 Å². The molecule has 0 saturated carbocycles. The second kappa shape index (κ2) is 7.76. The first-order chi connectivity index (χ1) is 13.5. The first-order valence-corrected chi connectivity index (χ1v) is 10.0. The summed E-state index contributed by atoms with van der Waals surface area (Å²) in [5.41, 5.74) is 2.51. The summed E-state index contributed by atoms with van der Waals surface area (Å²) in [6, 6.07) is 10.7. The van der Waals surface area contributed by atoms with E-state index in [1.807, 2.05) is 25.1 Å². The van der Waals surface area contributed by atoms with E-state index in [0.29, 0.717) is 29.8 Å². The van der Waals surface area contributed by atoms with E-state index >= 15 is 0 Å². The number of fused-ring (bicyclic) bond motifs is 1. The smallest absolute Gasteiger partial charge is 0.250 e. The summed E-state index contributed by atoms with van der Waals surface area (Å²) >= 11 is 7.46. The van der Waals surface area contributed by atoms with Crippen molar-refractivity contribution in [2.75, 3.05) is 12.3 Å². The maximum absolute atomic E-state index is 12.7. The summed E-state index contributed by atoms with van der Waals surface area (Å²) in [6.45, 7) is 3.36. The van der Waals surface area contributed by atoms with Gasteiger partial charge in [0, 0.05) is 29.9 Å². The minimum atomic E-state index is -0.0325. The van der Waals surface area contributed by atoms with E-state index in [1.165, 1.54) is 17.8 Å². The second-order valence-corrected chi connectivity index (χ2v) is 7.77. The molecule has 0 N–H and O–H groups in total. The van der Waals surface area contributed by atoms with E-state index in [0.717, 1.165) is 16.9 Å². The highest BCUT2D eigenvalue weighted by Gasteiger charge is 2.22. The number of pyridine rings is 1. The number of benzene rings is 1. The number of carbonyl (C=O) groups is 1. The van der Waals surface area contributed by atoms with E-state index in [2.05, 4.69) is 15.5 Å². The number of aryl methyl sites for hydroxylation is 1. The van der Waals surface area contributed by atoms with Crippen molar-refractivity contribution in [3.05, 3.63) is 63.0 Å². The molecule has 28 heavy (non-hydrogen) atoms. The van der Waals surface area contributed by atoms with Crippen LogP contribution in [0.5, 0.6) is 0 Å². The van der Waals surface area contributed by atoms with Crippen LogP contribution in [0.1, 0.15) is 11.3 Å². The monoisotopic (exact) mass is 416 g/mol. The molecule has 0 fully saturated rings. The van der Waals surface area contributed by atoms with E-state index in [4.69, 9.17) is 11.6 Å². The molecule has 0 spiro atoms. The van der Waals surface area contributed by atoms with Gasteiger partial charge in [-0.3, -0.25) is 9.59 Å². The van der Waals surface area contributed by atoms with E-state index < -0.39 is 0 Å². The van der Waals surface area contributed by atoms with Crippen molar-refractivity contribution in [2.45, 2.75) is 25.2 Å². The Labute approximate surface area is 170 Å². The molecule has 144 valence electrons. The minimum Gasteiger partial charge on any atom is -0.334 e. The van der Waals surface area contributed by atoms with Gasteiger partial charge in [0.25, 0.3) is 5.56 Å². The lowest BCUT2D eigenvalue weighted by Crippen LogP contribution is -2.42. The molecule has 4 rings (SSSR count). The number of amides is 1. The van der Waals surface area contributed by atoms with Gasteiger partial charge in [0.2, 0.25) is 11.1 Å². The summed E-state index contributed by atoms with van der Waals surface area (Å²) in [5.74, 6) is 0.181. The predicted octanol–water partition coefficient (Wildman–Crippen LogP) is 1.92. The van der Waals surface area contributed by atoms with Gasteiger partial charge in [0.05, 0.1) is 18.0 Å². The van der Waals surface area contributed by atoms with E-state index in [1.54, 1.807) is 26.3 Å². The van der Waals surface area contributed by atoms with Crippen molar-refractivity contribution in [1.29, 1.82) is 0 Å². The number of hydrogen-bond acceptors (Lipinski definition) is 6. The molecule has 0 atom stereocenters. The molecule has 0 aliphatic carbocycles. The van der Waals surface area contributed by atoms with Crippen LogP contribution in [-0.2, 0) is 17.9 Å². The summed E-state index contributed by atoms with van der Waals surface area (Å²) in [4.78, 5) is 26.3. The van der Waals surface area contributed by atoms with Crippen molar-refractivity contribution in [2.24, 2.45) is 0 Å². The number of rotatable bonds is 4. The SMILES string of the molecule is Cc1ccc(-n2nnnc2SCC(=O)N2CCn3c(cccc3=O)C2)cc1Cl. The third-order valence-corrected chi connectivity index (χ3v) is 5.92. The van der Waals surface area contributed by atoms with Crippen LogP contribution < -0.4 is 5.56 Å². The molecule has 1 aliphatic heterocycles. The molecule has 3 heterocycles. The molecule has 8 nitrogen and oxygen atoms in total. The lowest BCUT2D eigenvalue weighted by Gasteiger charge is -2.29. The molecule has 0 unspecified atom stereocenters. The van der Waals surface area contributed by atoms with Gasteiger partial charge in [-0.1, -0.05) is 35.5 Å². The van der Waals surface area contributed by atoms with Crippen LogP contribution in [0, 0.1) is 6.92 Å². The second-order valence-electron chi connectivity index (χ2n) is 6.42. The Morgan fingerprint density at radius 1 is 1.25 bits per heavy atom. The highest BCUT2D eigenvalue weighted by molar-refractivity contribution is 7.99. The average Bonchev–Trinajstić information content (AvgIpc) is 3.17. The van der Waals surface area contributed by atoms with Crippen LogP contribution in [0.2, 0.25) is 5.02 Å². The van der Waals surface area contributed by atoms with Crippen molar-refractivity contribution in [3.8, 4) is 5.69 Å². The van der Waals surface area contributed by atoms with Gasteiger partial charge in [0.1, 0.15) is 0 Å². The fraction of sp³-hybridized carbons (Fsp3) is 0.278. The maximum atomic E-state index is 12.7. The van der Waals surface area contributed by atoms with Gasteiger partial charge in [-0.2, -0.15) is 4.68 Å². The number of halogens is 1. The molecule has 0 saturated heterocycles. The molecule has 1 amide bonds. The predicted molar refractivity (Wildman–Crippen MR) is 106 cm³/mol. The van der Waals surface area contributed by atoms with Gasteiger partial charge >= 0.3 is 0 Å². The molecule has 0 radical (unpaired) electrons. The molecular formula is C18H17ClN6O2S. The highest BCUT2D eigenvalue weighted by atomic mass is 35.5. The number of nitrogens with zero attached hydrogens (tertiary/aromatic N) is 6. The van der Waals surface area contributed by atoms with Crippen molar-refractivity contribution in [1.82, 2.24) is 29.7 Å². The lowest BCUT2D eigenvalue weighted by molar-refractivity contribution is -0.129. The normalized spacial score (nSPS) is 13.4. The highest BCUT2D eigenvalue weighted by Crippen LogP contribution is 2.23. The topological polar surface area (TPSA) is 85.9 Å². The number of tetrazole rings is 1. The fourth-order valence-corrected chi connectivity index (χ4v) is 3.99. The van der Waals surface area contributed by atoms with Gasteiger partial charge in [-0.25, -0.2) is 0 Å². The van der Waals surface area contributed by atoms with Crippen LogP contribution >= 0.6 is 23.4 Å². The Kier molecular flexibility index (Phi) is 5.19. The van der Waals surface area contributed by atoms with Crippen molar-refractivity contribution < 1.29 is 4.79 Å². The quantitative estimate of drug-likeness (QED) is 0.604. The number of aromatic nitrogens is 5. The Morgan fingerprint density at radius 3 is 2.93 bits per heavy atom. The molecule has 1 aliphatic rings. The third kappa shape index (κ3) is 3.67. The van der Waals surface area contributed by atoms with Crippen LogP contribution in [0.15, 0.2) is 46.3 Å². The average molecular weight is 417 g/mol. The molecule has 2 aromatic heterocycles. The first kappa shape index (κ1) is 18.7. The minimum absolute atomic E-state index is 0.0240. The summed E-state index contributed by atoms with van der Waals surface area (Å²) in [7, 11) is 0. The zero-order valence-corrected chi connectivity index (χ0v) is 16.7. The van der Waals surface area contributed by atoms with Gasteiger partial charge in [0.15, 0.2) is 0 Å². The Balaban J connectivity index is 1.44. The molecule has 0 bridgehead atoms. The zero-order chi connectivity index (χ0) is 19.7. The molecule has 10 heteroatoms. The van der Waals surface area contributed by atoms with Crippen LogP contribution in [0.3, 0.4) is 0 Å². The first-order valence-electron chi connectivity index (χ1n) is 8.67. The summed E-state index contributed by atoms with van der Waals surface area (Å²) in [5, 5.41) is 12.9. The third-order valence-electron chi connectivity index (χ3n) is 4.60. The van der Waals surface area contributed by atoms with Gasteiger partial charge < -0.3 is 9.47 Å². The van der Waals surface area contributed by atoms with E-state index in [-0.39, 0.29) is 17.2 Å². The number of hydrogen-bond donors (Lipinski definition) is 0. The number of carbonyl (C=O) groups excluding carboxylic acids is 1. The Bertz CT molecular complexity index is 1100. The zero-order valence-electron chi connectivity index (χ0n) is 15.1. The molecular weight excluding hydrogens is 400 g/mol. The Morgan fingerprint density at radius 2 is 2.11 bits per heavy atom. The largest absolute Gasteiger partial charge is 0.334 e. The van der Waals surface area contributed by atoms with Gasteiger partial charge in [-0.05, 0) is 41.1 Å². The molecule has 3 aromatic rings. The Hall–Kier alpha value is -2.65. The van der Waals surface area contributed by atoms with Crippen molar-refractivity contribution in [3.63, 3.8) is 0 Å². The summed E-state index contributed by atoms with van der Waals surface area (Å²) < 4.78 is 3.27. The van der Waals surface area contributed by atoms with Crippen LogP contribution in [0.25, 0.3) is 5.69 Å². The fourth-order valence-electron chi connectivity index (χ4n) is 3.03. The maximum Gasteiger partial charge on any atom is 0.250 e. The standard InChI is InChI=1S/C18H17ClN6O2S/c1-12-5-6-13(9-15(12)19)25-18(20-21-22-25)28-11-17(27)23-7-8-24-14(10-23)3-2-4-16(24)26/h2-6,9H,7-8,10-11H2,1H3.